The average Bonchev–Trinajstić information content (AvgIpc) is 3.22. The molecule has 220 valence electrons. The number of unbranched alkanes of at least 4 members (excludes halogenated alkanes) is 5. The number of nitrogens with one attached hydrogen (secondary N) is 2. The Bertz CT molecular complexity index is 957. The Labute approximate surface area is 239 Å². The summed E-state index contributed by atoms with van der Waals surface area (Å²) in [5.74, 6) is -0.592. The minimum atomic E-state index is -0.691. The zero-order valence-corrected chi connectivity index (χ0v) is 25.6. The summed E-state index contributed by atoms with van der Waals surface area (Å²) in [6.45, 7) is 13.7. The highest BCUT2D eigenvalue weighted by Gasteiger charge is 2.33. The van der Waals surface area contributed by atoms with Crippen molar-refractivity contribution in [3.63, 3.8) is 0 Å². The molecule has 2 aliphatic rings. The first-order valence-corrected chi connectivity index (χ1v) is 15.9. The lowest BCUT2D eigenvalue weighted by Crippen LogP contribution is -2.48. The van der Waals surface area contributed by atoms with Crippen molar-refractivity contribution in [2.24, 2.45) is 0 Å². The van der Waals surface area contributed by atoms with E-state index in [2.05, 4.69) is 22.5 Å². The van der Waals surface area contributed by atoms with Crippen molar-refractivity contribution < 1.29 is 19.1 Å². The largest absolute Gasteiger partial charge is 0.456 e. The third-order valence-electron chi connectivity index (χ3n) is 7.65. The number of hydrogen-bond acceptors (Lipinski definition) is 6. The predicted octanol–water partition coefficient (Wildman–Crippen LogP) is 6.58. The highest BCUT2D eigenvalue weighted by molar-refractivity contribution is 7.18. The molecular formula is C30H50N4O4S. The Morgan fingerprint density at radius 3 is 2.23 bits per heavy atom. The van der Waals surface area contributed by atoms with Gasteiger partial charge in [-0.15, -0.1) is 11.3 Å². The van der Waals surface area contributed by atoms with Gasteiger partial charge in [0.25, 0.3) is 5.91 Å². The highest BCUT2D eigenvalue weighted by atomic mass is 32.1. The monoisotopic (exact) mass is 562 g/mol. The van der Waals surface area contributed by atoms with Crippen LogP contribution < -0.4 is 10.6 Å². The topological polar surface area (TPSA) is 91.0 Å². The Hall–Kier alpha value is -2.13. The fourth-order valence-electron chi connectivity index (χ4n) is 5.50. The molecule has 0 saturated carbocycles. The molecule has 0 unspecified atom stereocenters. The average molecular weight is 563 g/mol. The minimum absolute atomic E-state index is 0.0695. The van der Waals surface area contributed by atoms with Crippen molar-refractivity contribution >= 4 is 34.2 Å². The molecule has 0 radical (unpaired) electrons. The van der Waals surface area contributed by atoms with Crippen molar-refractivity contribution in [3.05, 3.63) is 16.0 Å². The number of carbonyl (C=O) groups is 3. The number of thiophene rings is 1. The molecule has 2 aliphatic heterocycles. The van der Waals surface area contributed by atoms with Crippen LogP contribution in [-0.2, 0) is 4.74 Å². The van der Waals surface area contributed by atoms with Gasteiger partial charge in [-0.25, -0.2) is 9.59 Å². The van der Waals surface area contributed by atoms with E-state index in [0.717, 1.165) is 38.8 Å². The van der Waals surface area contributed by atoms with Crippen LogP contribution in [0.1, 0.15) is 124 Å². The number of hydrogen-bond donors (Lipinski definition) is 2. The lowest BCUT2D eigenvalue weighted by molar-refractivity contribution is 0.00705. The van der Waals surface area contributed by atoms with Gasteiger partial charge in [0.05, 0.1) is 10.4 Å². The molecule has 0 aliphatic carbocycles. The maximum absolute atomic E-state index is 13.6. The zero-order valence-electron chi connectivity index (χ0n) is 24.8. The quantitative estimate of drug-likeness (QED) is 0.235. The Kier molecular flexibility index (Phi) is 12.1. The number of likely N-dealkylation sites (tertiary alicyclic amines) is 2. The van der Waals surface area contributed by atoms with Crippen molar-refractivity contribution in [1.29, 1.82) is 0 Å². The second-order valence-electron chi connectivity index (χ2n) is 12.0. The van der Waals surface area contributed by atoms with E-state index in [-0.39, 0.29) is 17.5 Å². The van der Waals surface area contributed by atoms with Crippen molar-refractivity contribution in [3.8, 4) is 0 Å². The van der Waals surface area contributed by atoms with Crippen LogP contribution in [-0.4, -0.2) is 72.1 Å². The van der Waals surface area contributed by atoms with Crippen LogP contribution in [0.25, 0.3) is 0 Å². The number of amides is 3. The normalized spacial score (nSPS) is 17.2. The van der Waals surface area contributed by atoms with E-state index >= 15 is 0 Å². The number of carbonyl (C=O) groups excluding carboxylic acids is 3. The molecule has 9 heteroatoms. The first-order valence-electron chi connectivity index (χ1n) is 15.1. The van der Waals surface area contributed by atoms with Gasteiger partial charge in [-0.05, 0) is 78.5 Å². The van der Waals surface area contributed by atoms with Gasteiger partial charge in [-0.3, -0.25) is 10.1 Å². The van der Waals surface area contributed by atoms with E-state index in [9.17, 15) is 14.4 Å². The van der Waals surface area contributed by atoms with E-state index < -0.39 is 11.6 Å². The zero-order chi connectivity index (χ0) is 28.4. The first kappa shape index (κ1) is 31.4. The van der Waals surface area contributed by atoms with Crippen LogP contribution in [0.5, 0.6) is 0 Å². The second-order valence-corrected chi connectivity index (χ2v) is 13.1. The fraction of sp³-hybridized carbons (Fsp3) is 0.767. The van der Waals surface area contributed by atoms with Crippen LogP contribution in [0.4, 0.5) is 9.80 Å². The summed E-state index contributed by atoms with van der Waals surface area (Å²) < 4.78 is 5.66. The molecule has 1 aromatic rings. The van der Waals surface area contributed by atoms with Gasteiger partial charge in [0.2, 0.25) is 0 Å². The summed E-state index contributed by atoms with van der Waals surface area (Å²) in [6, 6.07) is 0.180. The molecule has 0 bridgehead atoms. The van der Waals surface area contributed by atoms with Crippen LogP contribution in [0.3, 0.4) is 0 Å². The molecule has 0 atom stereocenters. The Morgan fingerprint density at radius 2 is 1.59 bits per heavy atom. The number of piperidine rings is 2. The summed E-state index contributed by atoms with van der Waals surface area (Å²) in [5.41, 5.74) is 0.156. The van der Waals surface area contributed by atoms with Crippen LogP contribution in [0.2, 0.25) is 0 Å². The summed E-state index contributed by atoms with van der Waals surface area (Å²) in [5, 5.41) is 6.12. The summed E-state index contributed by atoms with van der Waals surface area (Å²) in [6.07, 6.45) is 12.6. The molecule has 2 N–H and O–H groups in total. The molecule has 3 rings (SSSR count). The standard InChI is InChI=1S/C30H50N4O4S/c1-6-7-8-9-10-12-17-31-29(37)32-26-24(28(36)38-30(3,4)5)22(2)25(39-26)27(35)34-20-15-23(16-21-34)33-18-13-11-14-19-33/h23H,6-21H2,1-5H3,(H2,31,32,37). The molecule has 1 aromatic heterocycles. The van der Waals surface area contributed by atoms with Crippen LogP contribution >= 0.6 is 11.3 Å². The van der Waals surface area contributed by atoms with Gasteiger partial charge in [0.1, 0.15) is 10.6 Å². The molecule has 8 nitrogen and oxygen atoms in total. The van der Waals surface area contributed by atoms with Gasteiger partial charge in [0.15, 0.2) is 0 Å². The molecule has 0 spiro atoms. The van der Waals surface area contributed by atoms with Gasteiger partial charge in [-0.1, -0.05) is 45.4 Å². The summed E-state index contributed by atoms with van der Waals surface area (Å²) in [4.78, 5) is 44.5. The van der Waals surface area contributed by atoms with Crippen molar-refractivity contribution in [2.75, 3.05) is 38.0 Å². The van der Waals surface area contributed by atoms with Crippen LogP contribution in [0.15, 0.2) is 0 Å². The highest BCUT2D eigenvalue weighted by Crippen LogP contribution is 2.36. The molecule has 39 heavy (non-hydrogen) atoms. The maximum atomic E-state index is 13.6. The molecule has 3 amide bonds. The minimum Gasteiger partial charge on any atom is -0.456 e. The molecule has 0 aromatic carbocycles. The van der Waals surface area contributed by atoms with E-state index in [4.69, 9.17) is 4.74 Å². The van der Waals surface area contributed by atoms with E-state index in [1.807, 2.05) is 25.7 Å². The SMILES string of the molecule is CCCCCCCCNC(=O)Nc1sc(C(=O)N2CCC(N3CCCCC3)CC2)c(C)c1C(=O)OC(C)(C)C. The number of urea groups is 1. The second kappa shape index (κ2) is 15.0. The smallest absolute Gasteiger partial charge is 0.341 e. The van der Waals surface area contributed by atoms with Crippen LogP contribution in [0, 0.1) is 6.92 Å². The maximum Gasteiger partial charge on any atom is 0.341 e. The predicted molar refractivity (Wildman–Crippen MR) is 159 cm³/mol. The van der Waals surface area contributed by atoms with Gasteiger partial charge >= 0.3 is 12.0 Å². The number of ether oxygens (including phenoxy) is 1. The van der Waals surface area contributed by atoms with Gasteiger partial charge in [-0.2, -0.15) is 0 Å². The number of anilines is 1. The van der Waals surface area contributed by atoms with Crippen molar-refractivity contribution in [2.45, 2.75) is 117 Å². The third kappa shape index (κ3) is 9.48. The number of nitrogens with zero attached hydrogens (tertiary/aromatic N) is 2. The molecule has 2 saturated heterocycles. The lowest BCUT2D eigenvalue weighted by atomic mass is 9.99. The number of esters is 1. The number of rotatable bonds is 11. The third-order valence-corrected chi connectivity index (χ3v) is 8.84. The van der Waals surface area contributed by atoms with E-state index in [1.54, 1.807) is 6.92 Å². The van der Waals surface area contributed by atoms with Gasteiger partial charge < -0.3 is 19.9 Å². The summed E-state index contributed by atoms with van der Waals surface area (Å²) in [7, 11) is 0. The Balaban J connectivity index is 1.66. The first-order chi connectivity index (χ1) is 18.6. The van der Waals surface area contributed by atoms with E-state index in [1.165, 1.54) is 56.3 Å². The van der Waals surface area contributed by atoms with E-state index in [0.29, 0.717) is 41.1 Å². The Morgan fingerprint density at radius 1 is 0.949 bits per heavy atom. The molecule has 2 fully saturated rings. The summed E-state index contributed by atoms with van der Waals surface area (Å²) >= 11 is 1.18. The lowest BCUT2D eigenvalue weighted by Gasteiger charge is -2.40. The van der Waals surface area contributed by atoms with Gasteiger partial charge in [0, 0.05) is 25.7 Å². The van der Waals surface area contributed by atoms with Crippen molar-refractivity contribution in [1.82, 2.24) is 15.1 Å². The fourth-order valence-corrected chi connectivity index (χ4v) is 6.65. The molecular weight excluding hydrogens is 512 g/mol. The molecule has 3 heterocycles.